The smallest absolute Gasteiger partial charge is 0.322 e. The summed E-state index contributed by atoms with van der Waals surface area (Å²) in [5.41, 5.74) is 0.816. The van der Waals surface area contributed by atoms with Crippen molar-refractivity contribution >= 4 is 29.0 Å². The summed E-state index contributed by atoms with van der Waals surface area (Å²) in [6, 6.07) is 11.5. The molecule has 7 nitrogen and oxygen atoms in total. The maximum Gasteiger partial charge on any atom is 0.322 e. The highest BCUT2D eigenvalue weighted by molar-refractivity contribution is 7.09. The Kier molecular flexibility index (Phi) is 10.5. The average molecular weight is 546 g/mol. The fraction of sp³-hybridized carbons (Fsp3) is 0.357. The molecule has 1 atom stereocenters. The van der Waals surface area contributed by atoms with Gasteiger partial charge in [-0.2, -0.15) is 0 Å². The van der Waals surface area contributed by atoms with Gasteiger partial charge in [0.15, 0.2) is 11.5 Å². The van der Waals surface area contributed by atoms with Crippen molar-refractivity contribution < 1.29 is 27.8 Å². The maximum atomic E-state index is 14.2. The van der Waals surface area contributed by atoms with Gasteiger partial charge in [-0.1, -0.05) is 19.1 Å². The van der Waals surface area contributed by atoms with Crippen LogP contribution in [0, 0.1) is 11.6 Å². The molecule has 0 bridgehead atoms. The van der Waals surface area contributed by atoms with Gasteiger partial charge in [0.25, 0.3) is 0 Å². The zero-order chi connectivity index (χ0) is 27.7. The van der Waals surface area contributed by atoms with E-state index in [0.717, 1.165) is 22.6 Å². The second kappa shape index (κ2) is 13.8. The molecular formula is C28H33F2N3O4S. The number of urea groups is 1. The van der Waals surface area contributed by atoms with Gasteiger partial charge < -0.3 is 24.6 Å². The number of carbonyl (C=O) groups excluding carboxylic acids is 2. The number of thiophene rings is 1. The van der Waals surface area contributed by atoms with Crippen LogP contribution in [-0.2, 0) is 17.8 Å². The molecule has 0 fully saturated rings. The summed E-state index contributed by atoms with van der Waals surface area (Å²) in [7, 11) is 3.14. The van der Waals surface area contributed by atoms with Crippen molar-refractivity contribution in [3.63, 3.8) is 0 Å². The molecule has 0 aliphatic rings. The third-order valence-electron chi connectivity index (χ3n) is 6.26. The van der Waals surface area contributed by atoms with Gasteiger partial charge in [-0.15, -0.1) is 11.3 Å². The Morgan fingerprint density at radius 3 is 2.45 bits per heavy atom. The number of rotatable bonds is 12. The van der Waals surface area contributed by atoms with Crippen LogP contribution < -0.4 is 14.8 Å². The van der Waals surface area contributed by atoms with Gasteiger partial charge in [0.1, 0.15) is 18.2 Å². The highest BCUT2D eigenvalue weighted by Crippen LogP contribution is 2.28. The molecule has 1 unspecified atom stereocenters. The van der Waals surface area contributed by atoms with E-state index in [1.807, 2.05) is 49.6 Å². The third-order valence-corrected chi connectivity index (χ3v) is 7.12. The van der Waals surface area contributed by atoms with Crippen molar-refractivity contribution in [1.82, 2.24) is 9.80 Å². The number of hydrogen-bond donors (Lipinski definition) is 1. The number of ether oxygens (including phenoxy) is 2. The molecule has 10 heteroatoms. The van der Waals surface area contributed by atoms with Crippen molar-refractivity contribution in [3.05, 3.63) is 76.0 Å². The lowest BCUT2D eigenvalue weighted by atomic mass is 10.1. The fourth-order valence-corrected chi connectivity index (χ4v) is 4.57. The van der Waals surface area contributed by atoms with Crippen LogP contribution in [-0.4, -0.2) is 55.1 Å². The number of methoxy groups -OCH3 is 2. The van der Waals surface area contributed by atoms with Gasteiger partial charge in [0.2, 0.25) is 5.91 Å². The number of nitrogens with one attached hydrogen (secondary N) is 1. The van der Waals surface area contributed by atoms with E-state index in [4.69, 9.17) is 9.47 Å². The number of nitrogens with zero attached hydrogens (tertiary/aromatic N) is 2. The van der Waals surface area contributed by atoms with Crippen LogP contribution >= 0.6 is 11.3 Å². The van der Waals surface area contributed by atoms with E-state index in [0.29, 0.717) is 43.5 Å². The lowest BCUT2D eigenvalue weighted by Gasteiger charge is -2.31. The molecule has 3 aromatic rings. The number of amides is 3. The van der Waals surface area contributed by atoms with Crippen LogP contribution in [0.2, 0.25) is 0 Å². The molecule has 0 spiro atoms. The van der Waals surface area contributed by atoms with Gasteiger partial charge in [-0.3, -0.25) is 4.79 Å². The molecular weight excluding hydrogens is 512 g/mol. The van der Waals surface area contributed by atoms with Crippen LogP contribution in [0.5, 0.6) is 11.5 Å². The second-order valence-corrected chi connectivity index (χ2v) is 9.81. The molecule has 204 valence electrons. The molecule has 0 aliphatic carbocycles. The van der Waals surface area contributed by atoms with Gasteiger partial charge in [0, 0.05) is 23.5 Å². The number of carbonyl (C=O) groups is 2. The molecule has 1 heterocycles. The van der Waals surface area contributed by atoms with Crippen molar-refractivity contribution in [3.8, 4) is 11.5 Å². The lowest BCUT2D eigenvalue weighted by molar-refractivity contribution is -0.132. The number of benzene rings is 2. The van der Waals surface area contributed by atoms with E-state index in [1.165, 1.54) is 4.90 Å². The SMILES string of the molecule is CCC(C)N(CC(=O)N(CCc1ccc(OC)c(OC)c1)Cc1cccs1)C(=O)Nc1ccc(F)cc1F. The molecule has 1 N–H and O–H groups in total. The van der Waals surface area contributed by atoms with Crippen molar-refractivity contribution in [2.75, 3.05) is 32.6 Å². The summed E-state index contributed by atoms with van der Waals surface area (Å²) in [5, 5.41) is 4.42. The number of anilines is 1. The Morgan fingerprint density at radius 2 is 1.82 bits per heavy atom. The minimum Gasteiger partial charge on any atom is -0.493 e. The van der Waals surface area contributed by atoms with Gasteiger partial charge in [-0.25, -0.2) is 13.6 Å². The zero-order valence-corrected chi connectivity index (χ0v) is 22.8. The quantitative estimate of drug-likeness (QED) is 0.306. The topological polar surface area (TPSA) is 71.1 Å². The Balaban J connectivity index is 1.77. The minimum atomic E-state index is -0.886. The number of halogens is 2. The molecule has 38 heavy (non-hydrogen) atoms. The first-order valence-electron chi connectivity index (χ1n) is 12.3. The van der Waals surface area contributed by atoms with Crippen LogP contribution in [0.15, 0.2) is 53.9 Å². The first kappa shape index (κ1) is 28.9. The molecule has 0 radical (unpaired) electrons. The predicted molar refractivity (Wildman–Crippen MR) is 145 cm³/mol. The summed E-state index contributed by atoms with van der Waals surface area (Å²) in [4.78, 5) is 30.8. The summed E-state index contributed by atoms with van der Waals surface area (Å²) in [6.45, 7) is 4.33. The Labute approximate surface area is 226 Å². The number of hydrogen-bond acceptors (Lipinski definition) is 5. The van der Waals surface area contributed by atoms with E-state index < -0.39 is 17.7 Å². The molecule has 0 saturated carbocycles. The average Bonchev–Trinajstić information content (AvgIpc) is 3.43. The Hall–Kier alpha value is -3.66. The zero-order valence-electron chi connectivity index (χ0n) is 22.0. The first-order valence-corrected chi connectivity index (χ1v) is 13.2. The van der Waals surface area contributed by atoms with Gasteiger partial charge in [-0.05, 0) is 61.0 Å². The largest absolute Gasteiger partial charge is 0.493 e. The lowest BCUT2D eigenvalue weighted by Crippen LogP contribution is -2.48. The molecule has 1 aromatic heterocycles. The Morgan fingerprint density at radius 1 is 1.05 bits per heavy atom. The van der Waals surface area contributed by atoms with E-state index in [9.17, 15) is 18.4 Å². The molecule has 2 aromatic carbocycles. The van der Waals surface area contributed by atoms with Crippen LogP contribution in [0.4, 0.5) is 19.3 Å². The van der Waals surface area contributed by atoms with Gasteiger partial charge in [0.05, 0.1) is 26.5 Å². The Bertz CT molecular complexity index is 1220. The fourth-order valence-electron chi connectivity index (χ4n) is 3.85. The van der Waals surface area contributed by atoms with Crippen molar-refractivity contribution in [2.45, 2.75) is 39.3 Å². The third kappa shape index (κ3) is 7.67. The summed E-state index contributed by atoms with van der Waals surface area (Å²) in [6.07, 6.45) is 1.15. The van der Waals surface area contributed by atoms with Crippen molar-refractivity contribution in [2.24, 2.45) is 0 Å². The molecule has 0 aliphatic heterocycles. The van der Waals surface area contributed by atoms with Gasteiger partial charge >= 0.3 is 6.03 Å². The van der Waals surface area contributed by atoms with Crippen LogP contribution in [0.3, 0.4) is 0 Å². The predicted octanol–water partition coefficient (Wildman–Crippen LogP) is 5.95. The molecule has 3 rings (SSSR count). The summed E-state index contributed by atoms with van der Waals surface area (Å²) < 4.78 is 38.2. The van der Waals surface area contributed by atoms with E-state index >= 15 is 0 Å². The molecule has 0 saturated heterocycles. The second-order valence-electron chi connectivity index (χ2n) is 8.77. The van der Waals surface area contributed by atoms with Crippen LogP contribution in [0.1, 0.15) is 30.7 Å². The van der Waals surface area contributed by atoms with E-state index in [1.54, 1.807) is 30.5 Å². The standard InChI is InChI=1S/C28H33F2N3O4S/c1-5-19(2)33(28(35)31-24-10-9-21(29)16-23(24)30)18-27(34)32(17-22-7-6-14-38-22)13-12-20-8-11-25(36-3)26(15-20)37-4/h6-11,14-16,19H,5,12-13,17-18H2,1-4H3,(H,31,35). The monoisotopic (exact) mass is 545 g/mol. The normalized spacial score (nSPS) is 11.5. The minimum absolute atomic E-state index is 0.152. The van der Waals surface area contributed by atoms with Crippen LogP contribution in [0.25, 0.3) is 0 Å². The summed E-state index contributed by atoms with van der Waals surface area (Å²) >= 11 is 1.55. The summed E-state index contributed by atoms with van der Waals surface area (Å²) in [5.74, 6) is -0.644. The van der Waals surface area contributed by atoms with E-state index in [-0.39, 0.29) is 24.2 Å². The van der Waals surface area contributed by atoms with Crippen molar-refractivity contribution in [1.29, 1.82) is 0 Å². The maximum absolute atomic E-state index is 14.2. The highest BCUT2D eigenvalue weighted by atomic mass is 32.1. The first-order chi connectivity index (χ1) is 18.2. The molecule has 3 amide bonds. The van der Waals surface area contributed by atoms with E-state index in [2.05, 4.69) is 5.32 Å². The highest BCUT2D eigenvalue weighted by Gasteiger charge is 2.26.